The van der Waals surface area contributed by atoms with Crippen LogP contribution in [0.2, 0.25) is 10.0 Å². The number of amides is 1. The lowest BCUT2D eigenvalue weighted by atomic mass is 10.1. The molecule has 1 saturated heterocycles. The van der Waals surface area contributed by atoms with Gasteiger partial charge in [-0.1, -0.05) is 47.5 Å². The van der Waals surface area contributed by atoms with Gasteiger partial charge in [-0.15, -0.1) is 0 Å². The van der Waals surface area contributed by atoms with E-state index in [2.05, 4.69) is 17.0 Å². The van der Waals surface area contributed by atoms with Crippen molar-refractivity contribution in [2.45, 2.75) is 6.54 Å². The largest absolute Gasteiger partial charge is 0.368 e. The van der Waals surface area contributed by atoms with E-state index < -0.39 is 10.0 Å². The van der Waals surface area contributed by atoms with Crippen molar-refractivity contribution in [2.75, 3.05) is 41.6 Å². The number of hydrogen-bond donors (Lipinski definition) is 0. The zero-order valence-corrected chi connectivity index (χ0v) is 21.0. The van der Waals surface area contributed by atoms with Gasteiger partial charge in [0.05, 0.1) is 18.5 Å². The van der Waals surface area contributed by atoms with Crippen molar-refractivity contribution in [3.05, 3.63) is 94.0 Å². The van der Waals surface area contributed by atoms with Crippen molar-refractivity contribution in [1.82, 2.24) is 4.90 Å². The van der Waals surface area contributed by atoms with E-state index >= 15 is 0 Å². The highest BCUT2D eigenvalue weighted by molar-refractivity contribution is 7.92. The first kappa shape index (κ1) is 24.4. The molecule has 0 unspecified atom stereocenters. The Balaban J connectivity index is 1.47. The van der Waals surface area contributed by atoms with Gasteiger partial charge >= 0.3 is 0 Å². The van der Waals surface area contributed by atoms with Gasteiger partial charge in [0, 0.05) is 53.0 Å². The number of hydrogen-bond acceptors (Lipinski definition) is 4. The Morgan fingerprint density at radius 2 is 1.44 bits per heavy atom. The predicted molar refractivity (Wildman–Crippen MR) is 138 cm³/mol. The van der Waals surface area contributed by atoms with Crippen LogP contribution in [-0.4, -0.2) is 51.7 Å². The molecule has 0 bridgehead atoms. The van der Waals surface area contributed by atoms with Gasteiger partial charge in [0.25, 0.3) is 5.91 Å². The van der Waals surface area contributed by atoms with E-state index in [0.717, 1.165) is 25.0 Å². The van der Waals surface area contributed by atoms with Crippen LogP contribution in [0.15, 0.2) is 72.8 Å². The fourth-order valence-corrected chi connectivity index (χ4v) is 5.37. The summed E-state index contributed by atoms with van der Waals surface area (Å²) < 4.78 is 26.3. The molecule has 178 valence electrons. The number of halogens is 2. The molecule has 9 heteroatoms. The number of carbonyl (C=O) groups is 1. The van der Waals surface area contributed by atoms with E-state index in [1.165, 1.54) is 4.31 Å². The van der Waals surface area contributed by atoms with E-state index in [1.807, 2.05) is 23.1 Å². The maximum absolute atomic E-state index is 13.0. The molecule has 0 spiro atoms. The quantitative estimate of drug-likeness (QED) is 0.465. The number of nitrogens with zero attached hydrogens (tertiary/aromatic N) is 3. The first-order valence-corrected chi connectivity index (χ1v) is 13.4. The minimum absolute atomic E-state index is 0.00786. The van der Waals surface area contributed by atoms with Crippen molar-refractivity contribution in [3.8, 4) is 0 Å². The summed E-state index contributed by atoms with van der Waals surface area (Å²) in [6.45, 7) is 2.75. The predicted octanol–water partition coefficient (Wildman–Crippen LogP) is 4.92. The van der Waals surface area contributed by atoms with Gasteiger partial charge in [-0.25, -0.2) is 8.42 Å². The van der Waals surface area contributed by atoms with Crippen LogP contribution in [0.3, 0.4) is 0 Å². The maximum atomic E-state index is 13.0. The van der Waals surface area contributed by atoms with Crippen molar-refractivity contribution in [2.24, 2.45) is 0 Å². The molecule has 0 radical (unpaired) electrons. The molecule has 3 aromatic carbocycles. The van der Waals surface area contributed by atoms with E-state index in [-0.39, 0.29) is 12.5 Å². The third-order valence-electron chi connectivity index (χ3n) is 5.85. The third-order valence-corrected chi connectivity index (χ3v) is 7.70. The first-order chi connectivity index (χ1) is 16.2. The summed E-state index contributed by atoms with van der Waals surface area (Å²) in [5.74, 6) is -0.0701. The Morgan fingerprint density at radius 3 is 2.00 bits per heavy atom. The molecule has 6 nitrogen and oxygen atoms in total. The molecule has 4 rings (SSSR count). The normalized spacial score (nSPS) is 14.2. The average Bonchev–Trinajstić information content (AvgIpc) is 2.83. The van der Waals surface area contributed by atoms with Crippen LogP contribution in [0.5, 0.6) is 0 Å². The van der Waals surface area contributed by atoms with Crippen LogP contribution in [0, 0.1) is 0 Å². The summed E-state index contributed by atoms with van der Waals surface area (Å²) in [5, 5.41) is 0.783. The summed E-state index contributed by atoms with van der Waals surface area (Å²) in [7, 11) is -3.62. The lowest BCUT2D eigenvalue weighted by Crippen LogP contribution is -2.48. The average molecular weight is 518 g/mol. The first-order valence-electron chi connectivity index (χ1n) is 10.8. The topological polar surface area (TPSA) is 60.9 Å². The van der Waals surface area contributed by atoms with Gasteiger partial charge in [0.15, 0.2) is 0 Å². The minimum atomic E-state index is -3.62. The molecule has 0 aromatic heterocycles. The zero-order chi connectivity index (χ0) is 24.3. The molecule has 34 heavy (non-hydrogen) atoms. The lowest BCUT2D eigenvalue weighted by molar-refractivity contribution is 0.0747. The molecule has 1 fully saturated rings. The minimum Gasteiger partial charge on any atom is -0.368 e. The van der Waals surface area contributed by atoms with Gasteiger partial charge in [-0.05, 0) is 48.5 Å². The highest BCUT2D eigenvalue weighted by Crippen LogP contribution is 2.29. The number of carbonyl (C=O) groups excluding carboxylic acids is 1. The van der Waals surface area contributed by atoms with Crippen LogP contribution in [0.1, 0.15) is 15.9 Å². The summed E-state index contributed by atoms with van der Waals surface area (Å²) in [6.07, 6.45) is 1.13. The van der Waals surface area contributed by atoms with E-state index in [1.54, 1.807) is 42.5 Å². The lowest BCUT2D eigenvalue weighted by Gasteiger charge is -2.36. The highest BCUT2D eigenvalue weighted by Gasteiger charge is 2.24. The number of anilines is 2. The SMILES string of the molecule is CS(=O)(=O)N(Cc1c(Cl)cccc1Cl)c1ccc(C(=O)N2CCN(c3ccccc3)CC2)cc1. The second kappa shape index (κ2) is 10.3. The summed E-state index contributed by atoms with van der Waals surface area (Å²) in [4.78, 5) is 17.1. The Kier molecular flexibility index (Phi) is 7.36. The molecule has 0 atom stereocenters. The van der Waals surface area contributed by atoms with Crippen molar-refractivity contribution in [1.29, 1.82) is 0 Å². The van der Waals surface area contributed by atoms with Crippen LogP contribution < -0.4 is 9.21 Å². The van der Waals surface area contributed by atoms with Gasteiger partial charge in [0.1, 0.15) is 0 Å². The summed E-state index contributed by atoms with van der Waals surface area (Å²) in [6, 6.07) is 21.8. The Labute approximate surface area is 210 Å². The van der Waals surface area contributed by atoms with Gasteiger partial charge in [-0.2, -0.15) is 0 Å². The highest BCUT2D eigenvalue weighted by atomic mass is 35.5. The van der Waals surface area contributed by atoms with E-state index in [4.69, 9.17) is 23.2 Å². The second-order valence-electron chi connectivity index (χ2n) is 8.13. The number of piperazine rings is 1. The molecule has 1 aliphatic rings. The number of para-hydroxylation sites is 1. The molecule has 1 aliphatic heterocycles. The third kappa shape index (κ3) is 5.49. The van der Waals surface area contributed by atoms with E-state index in [0.29, 0.717) is 39.9 Å². The monoisotopic (exact) mass is 517 g/mol. The molecular formula is C25H25Cl2N3O3S. The Bertz CT molecular complexity index is 1240. The van der Waals surface area contributed by atoms with Crippen molar-refractivity contribution in [3.63, 3.8) is 0 Å². The summed E-state index contributed by atoms with van der Waals surface area (Å²) >= 11 is 12.5. The molecule has 1 amide bonds. The number of rotatable bonds is 6. The fourth-order valence-electron chi connectivity index (χ4n) is 3.99. The van der Waals surface area contributed by atoms with Crippen LogP contribution in [0.25, 0.3) is 0 Å². The van der Waals surface area contributed by atoms with Gasteiger partial charge in [-0.3, -0.25) is 9.10 Å². The van der Waals surface area contributed by atoms with Crippen LogP contribution >= 0.6 is 23.2 Å². The second-order valence-corrected chi connectivity index (χ2v) is 10.9. The van der Waals surface area contributed by atoms with Crippen LogP contribution in [-0.2, 0) is 16.6 Å². The molecule has 0 aliphatic carbocycles. The molecule has 1 heterocycles. The number of benzene rings is 3. The van der Waals surface area contributed by atoms with Crippen molar-refractivity contribution < 1.29 is 13.2 Å². The molecule has 0 saturated carbocycles. The maximum Gasteiger partial charge on any atom is 0.253 e. The Hall–Kier alpha value is -2.74. The molecule has 3 aromatic rings. The van der Waals surface area contributed by atoms with E-state index in [9.17, 15) is 13.2 Å². The smallest absolute Gasteiger partial charge is 0.253 e. The van der Waals surface area contributed by atoms with Crippen LogP contribution in [0.4, 0.5) is 11.4 Å². The zero-order valence-electron chi connectivity index (χ0n) is 18.7. The summed E-state index contributed by atoms with van der Waals surface area (Å²) in [5.41, 5.74) is 2.62. The standard InChI is InChI=1S/C25H25Cl2N3O3S/c1-34(32,33)30(18-22-23(26)8-5-9-24(22)27)21-12-10-19(11-13-21)25(31)29-16-14-28(15-17-29)20-6-3-2-4-7-20/h2-13H,14-18H2,1H3. The molecular weight excluding hydrogens is 493 g/mol. The fraction of sp³-hybridized carbons (Fsp3) is 0.240. The van der Waals surface area contributed by atoms with Gasteiger partial charge < -0.3 is 9.80 Å². The number of sulfonamides is 1. The van der Waals surface area contributed by atoms with Gasteiger partial charge in [0.2, 0.25) is 10.0 Å². The van der Waals surface area contributed by atoms with Crippen molar-refractivity contribution >= 4 is 50.5 Å². The Morgan fingerprint density at radius 1 is 0.853 bits per heavy atom. The molecule has 0 N–H and O–H groups in total.